The molecule has 0 aliphatic heterocycles. The van der Waals surface area contributed by atoms with Crippen LogP contribution in [-0.4, -0.2) is 36.2 Å². The molecule has 1 heterocycles. The summed E-state index contributed by atoms with van der Waals surface area (Å²) in [5, 5.41) is 0.472. The van der Waals surface area contributed by atoms with E-state index in [-0.39, 0.29) is 23.8 Å². The van der Waals surface area contributed by atoms with Crippen LogP contribution in [0.4, 0.5) is 0 Å². The lowest BCUT2D eigenvalue weighted by Gasteiger charge is -2.21. The van der Waals surface area contributed by atoms with Gasteiger partial charge in [0, 0.05) is 34.6 Å². The van der Waals surface area contributed by atoms with Gasteiger partial charge in [0.25, 0.3) is 0 Å². The number of benzene rings is 1. The zero-order chi connectivity index (χ0) is 19.8. The zero-order valence-corrected chi connectivity index (χ0v) is 17.5. The molecule has 0 bridgehead atoms. The first kappa shape index (κ1) is 20.1. The maximum atomic E-state index is 13.0. The summed E-state index contributed by atoms with van der Waals surface area (Å²) in [6.45, 7) is 5.96. The molecule has 7 heteroatoms. The summed E-state index contributed by atoms with van der Waals surface area (Å²) < 4.78 is 29.5. The molecule has 0 radical (unpaired) electrons. The van der Waals surface area contributed by atoms with E-state index in [2.05, 4.69) is 4.57 Å². The highest BCUT2D eigenvalue weighted by Crippen LogP contribution is 2.38. The predicted molar refractivity (Wildman–Crippen MR) is 107 cm³/mol. The lowest BCUT2D eigenvalue weighted by Crippen LogP contribution is -2.36. The van der Waals surface area contributed by atoms with Crippen molar-refractivity contribution in [2.24, 2.45) is 0 Å². The fourth-order valence-corrected chi connectivity index (χ4v) is 5.10. The normalized spacial score (nSPS) is 14.7. The van der Waals surface area contributed by atoms with Crippen molar-refractivity contribution in [2.45, 2.75) is 51.0 Å². The van der Waals surface area contributed by atoms with Crippen LogP contribution in [0.3, 0.4) is 0 Å². The Bertz CT molecular complexity index is 944. The Morgan fingerprint density at radius 3 is 2.41 bits per heavy atom. The summed E-state index contributed by atoms with van der Waals surface area (Å²) in [6, 6.07) is 8.41. The van der Waals surface area contributed by atoms with Crippen LogP contribution in [0.2, 0.25) is 5.02 Å². The fourth-order valence-electron chi connectivity index (χ4n) is 3.49. The summed E-state index contributed by atoms with van der Waals surface area (Å²) in [6.07, 6.45) is 2.90. The number of aromatic nitrogens is 1. The highest BCUT2D eigenvalue weighted by atomic mass is 35.5. The molecule has 1 aromatic heterocycles. The maximum absolute atomic E-state index is 13.0. The Labute approximate surface area is 166 Å². The van der Waals surface area contributed by atoms with Crippen molar-refractivity contribution in [1.29, 1.82) is 0 Å². The molecule has 3 rings (SSSR count). The number of aryl methyl sites for hydroxylation is 1. The molecule has 5 nitrogen and oxygen atoms in total. The molecule has 0 saturated heterocycles. The van der Waals surface area contributed by atoms with E-state index in [0.717, 1.165) is 24.2 Å². The first-order chi connectivity index (χ1) is 12.8. The first-order valence-corrected chi connectivity index (χ1v) is 11.0. The molecule has 0 atom stereocenters. The first-order valence-electron chi connectivity index (χ1n) is 9.23. The van der Waals surface area contributed by atoms with Crippen molar-refractivity contribution in [1.82, 2.24) is 8.87 Å². The summed E-state index contributed by atoms with van der Waals surface area (Å²) in [5.74, 6) is -0.166. The second-order valence-electron chi connectivity index (χ2n) is 7.10. The quantitative estimate of drug-likeness (QED) is 0.609. The minimum Gasteiger partial charge on any atom is -0.345 e. The van der Waals surface area contributed by atoms with Gasteiger partial charge in [0.1, 0.15) is 0 Å². The topological polar surface area (TPSA) is 59.4 Å². The average Bonchev–Trinajstić information content (AvgIpc) is 3.39. The molecular weight excluding hydrogens is 384 g/mol. The van der Waals surface area contributed by atoms with Crippen LogP contribution < -0.4 is 0 Å². The summed E-state index contributed by atoms with van der Waals surface area (Å²) in [5.41, 5.74) is 2.60. The van der Waals surface area contributed by atoms with E-state index in [4.69, 9.17) is 11.6 Å². The van der Waals surface area contributed by atoms with Crippen LogP contribution in [0.15, 0.2) is 35.2 Å². The molecule has 1 aromatic carbocycles. The van der Waals surface area contributed by atoms with Gasteiger partial charge >= 0.3 is 0 Å². The number of halogens is 1. The van der Waals surface area contributed by atoms with E-state index < -0.39 is 10.0 Å². The van der Waals surface area contributed by atoms with Gasteiger partial charge in [0.05, 0.1) is 11.4 Å². The van der Waals surface area contributed by atoms with Crippen LogP contribution in [0.25, 0.3) is 0 Å². The largest absolute Gasteiger partial charge is 0.345 e. The number of Topliss-reactive ketones (excluding diaryl/α,β-unsaturated/α-hetero) is 1. The molecule has 2 aromatic rings. The van der Waals surface area contributed by atoms with Crippen molar-refractivity contribution in [3.8, 4) is 0 Å². The van der Waals surface area contributed by atoms with Gasteiger partial charge in [-0.2, -0.15) is 4.31 Å². The van der Waals surface area contributed by atoms with E-state index in [1.54, 1.807) is 12.1 Å². The van der Waals surface area contributed by atoms with Crippen molar-refractivity contribution in [3.63, 3.8) is 0 Å². The summed E-state index contributed by atoms with van der Waals surface area (Å²) in [7, 11) is -3.76. The molecule has 146 valence electrons. The number of carbonyl (C=O) groups is 1. The van der Waals surface area contributed by atoms with E-state index in [9.17, 15) is 13.2 Å². The number of carbonyl (C=O) groups excluding carboxylic acids is 1. The third-order valence-electron chi connectivity index (χ3n) is 4.94. The highest BCUT2D eigenvalue weighted by Gasteiger charge is 2.31. The number of rotatable bonds is 8. The molecule has 0 N–H and O–H groups in total. The van der Waals surface area contributed by atoms with Crippen molar-refractivity contribution >= 4 is 27.4 Å². The lowest BCUT2D eigenvalue weighted by molar-refractivity contribution is 0.0965. The van der Waals surface area contributed by atoms with Gasteiger partial charge in [0.2, 0.25) is 10.0 Å². The van der Waals surface area contributed by atoms with Gasteiger partial charge in [-0.05, 0) is 63.4 Å². The number of ketones is 1. The second kappa shape index (κ2) is 7.78. The number of sulfonamides is 1. The van der Waals surface area contributed by atoms with Crippen LogP contribution in [0.5, 0.6) is 0 Å². The molecule has 1 saturated carbocycles. The highest BCUT2D eigenvalue weighted by molar-refractivity contribution is 7.89. The Balaban J connectivity index is 1.87. The van der Waals surface area contributed by atoms with E-state index >= 15 is 0 Å². The number of hydrogen-bond donors (Lipinski definition) is 0. The fraction of sp³-hybridized carbons (Fsp3) is 0.450. The Kier molecular flexibility index (Phi) is 5.79. The molecule has 0 unspecified atom stereocenters. The number of nitrogens with zero attached hydrogens (tertiary/aromatic N) is 2. The van der Waals surface area contributed by atoms with Gasteiger partial charge in [-0.3, -0.25) is 4.79 Å². The zero-order valence-electron chi connectivity index (χ0n) is 15.9. The minimum absolute atomic E-state index is 0.150. The monoisotopic (exact) mass is 408 g/mol. The second-order valence-corrected chi connectivity index (χ2v) is 9.48. The summed E-state index contributed by atoms with van der Waals surface area (Å²) >= 11 is 5.87. The number of hydrogen-bond acceptors (Lipinski definition) is 3. The molecule has 1 aliphatic carbocycles. The van der Waals surface area contributed by atoms with Crippen LogP contribution in [-0.2, 0) is 10.0 Å². The van der Waals surface area contributed by atoms with Gasteiger partial charge in [-0.15, -0.1) is 0 Å². The maximum Gasteiger partial charge on any atom is 0.243 e. The SMILES string of the molecule is CCCN(CC(=O)c1cc(C)n(C2CC2)c1C)S(=O)(=O)c1ccc(Cl)cc1. The minimum atomic E-state index is -3.76. The molecule has 0 spiro atoms. The van der Waals surface area contributed by atoms with E-state index in [1.165, 1.54) is 16.4 Å². The lowest BCUT2D eigenvalue weighted by atomic mass is 10.1. The van der Waals surface area contributed by atoms with Crippen molar-refractivity contribution in [2.75, 3.05) is 13.1 Å². The predicted octanol–water partition coefficient (Wildman–Crippen LogP) is 4.38. The molecule has 0 amide bonds. The third-order valence-corrected chi connectivity index (χ3v) is 7.05. The van der Waals surface area contributed by atoms with Crippen molar-refractivity contribution in [3.05, 3.63) is 52.3 Å². The van der Waals surface area contributed by atoms with Crippen LogP contribution in [0, 0.1) is 13.8 Å². The standard InChI is InChI=1S/C20H25ClN2O3S/c1-4-11-22(27(25,26)18-9-5-16(21)6-10-18)13-20(24)19-12-14(2)23(15(19)3)17-7-8-17/h5-6,9-10,12,17H,4,7-8,11,13H2,1-3H3. The van der Waals surface area contributed by atoms with E-state index in [0.29, 0.717) is 23.0 Å². The van der Waals surface area contributed by atoms with Gasteiger partial charge in [0.15, 0.2) is 5.78 Å². The molecule has 1 fully saturated rings. The molecule has 27 heavy (non-hydrogen) atoms. The van der Waals surface area contributed by atoms with Gasteiger partial charge in [-0.1, -0.05) is 18.5 Å². The Morgan fingerprint density at radius 2 is 1.85 bits per heavy atom. The summed E-state index contributed by atoms with van der Waals surface area (Å²) in [4.78, 5) is 13.1. The Morgan fingerprint density at radius 1 is 1.22 bits per heavy atom. The van der Waals surface area contributed by atoms with Gasteiger partial charge < -0.3 is 4.57 Å². The Hall–Kier alpha value is -1.63. The smallest absolute Gasteiger partial charge is 0.243 e. The molecule has 1 aliphatic rings. The van der Waals surface area contributed by atoms with Crippen molar-refractivity contribution < 1.29 is 13.2 Å². The molecular formula is C20H25ClN2O3S. The van der Waals surface area contributed by atoms with Gasteiger partial charge in [-0.25, -0.2) is 8.42 Å². The third kappa shape index (κ3) is 4.13. The van der Waals surface area contributed by atoms with Crippen LogP contribution in [0.1, 0.15) is 54.0 Å². The van der Waals surface area contributed by atoms with E-state index in [1.807, 2.05) is 26.8 Å². The van der Waals surface area contributed by atoms with Crippen LogP contribution >= 0.6 is 11.6 Å². The average molecular weight is 409 g/mol.